The van der Waals surface area contributed by atoms with Crippen molar-refractivity contribution in [3.63, 3.8) is 0 Å². The van der Waals surface area contributed by atoms with Crippen molar-refractivity contribution in [2.24, 2.45) is 0 Å². The van der Waals surface area contributed by atoms with E-state index in [1.54, 1.807) is 26.0 Å². The van der Waals surface area contributed by atoms with Gasteiger partial charge in [0.2, 0.25) is 0 Å². The van der Waals surface area contributed by atoms with E-state index in [4.69, 9.17) is 4.74 Å². The quantitative estimate of drug-likeness (QED) is 0.618. The number of hydrogen-bond donors (Lipinski definition) is 1. The predicted octanol–water partition coefficient (Wildman–Crippen LogP) is 2.98. The molecule has 0 aliphatic carbocycles. The molecular formula is C15H24N2O4. The number of likely N-dealkylation sites (N-methyl/N-ethyl adjacent to an activating group) is 1. The molecule has 0 aliphatic rings. The SMILES string of the molecule is CCN(CC(C)(C)O)c1ccc([N+](=O)[O-])c(OC(C)C)c1. The van der Waals surface area contributed by atoms with E-state index < -0.39 is 10.5 Å². The first-order chi connectivity index (χ1) is 9.64. The van der Waals surface area contributed by atoms with Gasteiger partial charge in [-0.3, -0.25) is 10.1 Å². The van der Waals surface area contributed by atoms with Gasteiger partial charge in [0.15, 0.2) is 5.75 Å². The second-order valence-corrected chi connectivity index (χ2v) is 5.90. The third-order valence-electron chi connectivity index (χ3n) is 2.83. The molecule has 0 aromatic heterocycles. The fourth-order valence-electron chi connectivity index (χ4n) is 2.05. The highest BCUT2D eigenvalue weighted by Crippen LogP contribution is 2.32. The van der Waals surface area contributed by atoms with E-state index >= 15 is 0 Å². The zero-order valence-electron chi connectivity index (χ0n) is 13.3. The number of nitro benzene ring substituents is 1. The Morgan fingerprint density at radius 1 is 1.43 bits per heavy atom. The molecule has 0 amide bonds. The van der Waals surface area contributed by atoms with Crippen molar-refractivity contribution in [1.82, 2.24) is 0 Å². The van der Waals surface area contributed by atoms with E-state index in [0.717, 1.165) is 5.69 Å². The number of hydrogen-bond acceptors (Lipinski definition) is 5. The Labute approximate surface area is 125 Å². The minimum atomic E-state index is -0.850. The second kappa shape index (κ2) is 6.76. The average molecular weight is 296 g/mol. The lowest BCUT2D eigenvalue weighted by Crippen LogP contribution is -2.38. The Hall–Kier alpha value is -1.82. The molecule has 1 rings (SSSR count). The summed E-state index contributed by atoms with van der Waals surface area (Å²) in [7, 11) is 0. The minimum absolute atomic E-state index is 0.0493. The van der Waals surface area contributed by atoms with E-state index in [-0.39, 0.29) is 17.5 Å². The van der Waals surface area contributed by atoms with Crippen LogP contribution in [-0.4, -0.2) is 34.8 Å². The largest absolute Gasteiger partial charge is 0.484 e. The normalized spacial score (nSPS) is 11.6. The summed E-state index contributed by atoms with van der Waals surface area (Å²) < 4.78 is 5.54. The van der Waals surface area contributed by atoms with Crippen LogP contribution >= 0.6 is 0 Å². The van der Waals surface area contributed by atoms with Gasteiger partial charge in [0.25, 0.3) is 0 Å². The van der Waals surface area contributed by atoms with E-state index in [0.29, 0.717) is 13.1 Å². The molecule has 6 nitrogen and oxygen atoms in total. The van der Waals surface area contributed by atoms with Crippen LogP contribution in [0.1, 0.15) is 34.6 Å². The second-order valence-electron chi connectivity index (χ2n) is 5.90. The lowest BCUT2D eigenvalue weighted by molar-refractivity contribution is -0.386. The molecule has 0 radical (unpaired) electrons. The number of nitro groups is 1. The fourth-order valence-corrected chi connectivity index (χ4v) is 2.05. The van der Waals surface area contributed by atoms with Gasteiger partial charge in [0.05, 0.1) is 16.6 Å². The third kappa shape index (κ3) is 5.23. The molecule has 0 fully saturated rings. The minimum Gasteiger partial charge on any atom is -0.484 e. The number of nitrogens with zero attached hydrogens (tertiary/aromatic N) is 2. The first kappa shape index (κ1) is 17.2. The highest BCUT2D eigenvalue weighted by atomic mass is 16.6. The van der Waals surface area contributed by atoms with Gasteiger partial charge in [-0.2, -0.15) is 0 Å². The number of benzene rings is 1. The van der Waals surface area contributed by atoms with Crippen molar-refractivity contribution in [3.05, 3.63) is 28.3 Å². The monoisotopic (exact) mass is 296 g/mol. The summed E-state index contributed by atoms with van der Waals surface area (Å²) in [4.78, 5) is 12.6. The molecule has 0 atom stereocenters. The number of rotatable bonds is 7. The van der Waals surface area contributed by atoms with Crippen LogP contribution in [0.2, 0.25) is 0 Å². The highest BCUT2D eigenvalue weighted by molar-refractivity contribution is 5.59. The Morgan fingerprint density at radius 3 is 2.48 bits per heavy atom. The van der Waals surface area contributed by atoms with Gasteiger partial charge in [0, 0.05) is 30.9 Å². The topological polar surface area (TPSA) is 75.8 Å². The van der Waals surface area contributed by atoms with Gasteiger partial charge in [-0.15, -0.1) is 0 Å². The molecule has 0 aliphatic heterocycles. The van der Waals surface area contributed by atoms with E-state index in [2.05, 4.69) is 0 Å². The zero-order chi connectivity index (χ0) is 16.2. The molecule has 1 N–H and O–H groups in total. The number of aliphatic hydroxyl groups is 1. The lowest BCUT2D eigenvalue weighted by atomic mass is 10.1. The first-order valence-corrected chi connectivity index (χ1v) is 7.06. The fraction of sp³-hybridized carbons (Fsp3) is 0.600. The van der Waals surface area contributed by atoms with Gasteiger partial charge in [-0.25, -0.2) is 0 Å². The van der Waals surface area contributed by atoms with E-state index in [1.165, 1.54) is 6.07 Å². The average Bonchev–Trinajstić information content (AvgIpc) is 2.33. The molecule has 1 aromatic rings. The third-order valence-corrected chi connectivity index (χ3v) is 2.83. The van der Waals surface area contributed by atoms with Gasteiger partial charge in [-0.05, 0) is 40.7 Å². The molecule has 21 heavy (non-hydrogen) atoms. The smallest absolute Gasteiger partial charge is 0.311 e. The summed E-state index contributed by atoms with van der Waals surface area (Å²) in [5.41, 5.74) is -0.107. The molecule has 0 bridgehead atoms. The summed E-state index contributed by atoms with van der Waals surface area (Å²) in [5.74, 6) is 0.252. The van der Waals surface area contributed by atoms with Crippen molar-refractivity contribution in [2.45, 2.75) is 46.3 Å². The van der Waals surface area contributed by atoms with Crippen molar-refractivity contribution >= 4 is 11.4 Å². The molecule has 0 spiro atoms. The molecule has 0 heterocycles. The maximum Gasteiger partial charge on any atom is 0.311 e. The maximum absolute atomic E-state index is 11.1. The Kier molecular flexibility index (Phi) is 5.54. The molecule has 1 aromatic carbocycles. The molecule has 0 unspecified atom stereocenters. The summed E-state index contributed by atoms with van der Waals surface area (Å²) in [6.07, 6.45) is -0.150. The van der Waals surface area contributed by atoms with Crippen LogP contribution in [0.4, 0.5) is 11.4 Å². The predicted molar refractivity (Wildman–Crippen MR) is 83.0 cm³/mol. The Bertz CT molecular complexity index is 495. The van der Waals surface area contributed by atoms with Crippen LogP contribution in [0.25, 0.3) is 0 Å². The summed E-state index contributed by atoms with van der Waals surface area (Å²) in [6, 6.07) is 4.79. The Morgan fingerprint density at radius 2 is 2.05 bits per heavy atom. The van der Waals surface area contributed by atoms with Crippen molar-refractivity contribution in [1.29, 1.82) is 0 Å². The standard InChI is InChI=1S/C15H24N2O4/c1-6-16(10-15(4,5)18)12-7-8-13(17(19)20)14(9-12)21-11(2)3/h7-9,11,18H,6,10H2,1-5H3. The van der Waals surface area contributed by atoms with Crippen LogP contribution in [0.3, 0.4) is 0 Å². The highest BCUT2D eigenvalue weighted by Gasteiger charge is 2.21. The molecule has 6 heteroatoms. The van der Waals surface area contributed by atoms with Crippen LogP contribution < -0.4 is 9.64 Å². The first-order valence-electron chi connectivity index (χ1n) is 7.06. The maximum atomic E-state index is 11.1. The molecule has 0 saturated carbocycles. The van der Waals surface area contributed by atoms with Crippen LogP contribution in [0, 0.1) is 10.1 Å². The van der Waals surface area contributed by atoms with Crippen molar-refractivity contribution in [2.75, 3.05) is 18.0 Å². The number of anilines is 1. The van der Waals surface area contributed by atoms with Gasteiger partial charge in [0.1, 0.15) is 0 Å². The molecular weight excluding hydrogens is 272 g/mol. The van der Waals surface area contributed by atoms with Gasteiger partial charge in [-0.1, -0.05) is 0 Å². The van der Waals surface area contributed by atoms with E-state index in [9.17, 15) is 15.2 Å². The van der Waals surface area contributed by atoms with Gasteiger partial charge >= 0.3 is 5.69 Å². The summed E-state index contributed by atoms with van der Waals surface area (Å²) in [6.45, 7) is 10.2. The molecule has 0 saturated heterocycles. The summed E-state index contributed by atoms with van der Waals surface area (Å²) in [5, 5.41) is 21.0. The van der Waals surface area contributed by atoms with Crippen LogP contribution in [-0.2, 0) is 0 Å². The van der Waals surface area contributed by atoms with Crippen LogP contribution in [0.5, 0.6) is 5.75 Å². The van der Waals surface area contributed by atoms with Gasteiger partial charge < -0.3 is 14.7 Å². The van der Waals surface area contributed by atoms with E-state index in [1.807, 2.05) is 25.7 Å². The summed E-state index contributed by atoms with van der Waals surface area (Å²) >= 11 is 0. The van der Waals surface area contributed by atoms with Crippen LogP contribution in [0.15, 0.2) is 18.2 Å². The lowest BCUT2D eigenvalue weighted by Gasteiger charge is -2.30. The molecule has 118 valence electrons. The number of ether oxygens (including phenoxy) is 1. The van der Waals surface area contributed by atoms with Crippen molar-refractivity contribution < 1.29 is 14.8 Å². The zero-order valence-corrected chi connectivity index (χ0v) is 13.3. The Balaban J connectivity index is 3.16. The van der Waals surface area contributed by atoms with Crippen molar-refractivity contribution in [3.8, 4) is 5.75 Å².